The van der Waals surface area contributed by atoms with Gasteiger partial charge in [0.1, 0.15) is 6.04 Å². The van der Waals surface area contributed by atoms with Gasteiger partial charge in [-0.2, -0.15) is 0 Å². The molecule has 0 aromatic rings. The summed E-state index contributed by atoms with van der Waals surface area (Å²) in [7, 11) is 0. The van der Waals surface area contributed by atoms with Gasteiger partial charge >= 0.3 is 12.0 Å². The first-order valence-electron chi connectivity index (χ1n) is 6.96. The van der Waals surface area contributed by atoms with Crippen LogP contribution >= 0.6 is 0 Å². The highest BCUT2D eigenvalue weighted by molar-refractivity contribution is 5.82. The van der Waals surface area contributed by atoms with Gasteiger partial charge in [0, 0.05) is 26.6 Å². The topological polar surface area (TPSA) is 98.7 Å². The minimum atomic E-state index is -1.01. The lowest BCUT2D eigenvalue weighted by Crippen LogP contribution is -2.50. The van der Waals surface area contributed by atoms with Crippen LogP contribution in [0.2, 0.25) is 0 Å². The molecule has 20 heavy (non-hydrogen) atoms. The van der Waals surface area contributed by atoms with Crippen molar-refractivity contribution in [3.63, 3.8) is 0 Å². The van der Waals surface area contributed by atoms with Crippen LogP contribution in [0.25, 0.3) is 0 Å². The number of carboxylic acid groups (broad SMARTS) is 1. The lowest BCUT2D eigenvalue weighted by molar-refractivity contribution is -0.139. The molecule has 0 aromatic heterocycles. The molecule has 1 atom stereocenters. The predicted molar refractivity (Wildman–Crippen MR) is 73.2 cm³/mol. The van der Waals surface area contributed by atoms with Gasteiger partial charge in [0.05, 0.1) is 0 Å². The van der Waals surface area contributed by atoms with Crippen LogP contribution < -0.4 is 10.6 Å². The molecule has 1 saturated heterocycles. The highest BCUT2D eigenvalue weighted by Crippen LogP contribution is 2.16. The van der Waals surface area contributed by atoms with Crippen molar-refractivity contribution in [1.29, 1.82) is 0 Å². The lowest BCUT2D eigenvalue weighted by atomic mass is 9.97. The van der Waals surface area contributed by atoms with Gasteiger partial charge in [-0.25, -0.2) is 9.59 Å². The van der Waals surface area contributed by atoms with E-state index < -0.39 is 12.0 Å². The second kappa shape index (κ2) is 7.72. The molecule has 3 amide bonds. The number of hydrogen-bond acceptors (Lipinski definition) is 3. The molecule has 114 valence electrons. The summed E-state index contributed by atoms with van der Waals surface area (Å²) in [5, 5.41) is 14.2. The number of likely N-dealkylation sites (tertiary alicyclic amines) is 1. The summed E-state index contributed by atoms with van der Waals surface area (Å²) in [5.74, 6) is -0.678. The molecule has 3 N–H and O–H groups in total. The second-order valence-electron chi connectivity index (χ2n) is 5.12. The van der Waals surface area contributed by atoms with Crippen molar-refractivity contribution in [3.05, 3.63) is 0 Å². The van der Waals surface area contributed by atoms with E-state index in [0.717, 1.165) is 12.8 Å². The summed E-state index contributed by atoms with van der Waals surface area (Å²) < 4.78 is 0. The van der Waals surface area contributed by atoms with E-state index in [1.165, 1.54) is 6.92 Å². The second-order valence-corrected chi connectivity index (χ2v) is 5.12. The van der Waals surface area contributed by atoms with E-state index in [1.54, 1.807) is 11.8 Å². The molecule has 1 fully saturated rings. The Bertz CT molecular complexity index is 365. The highest BCUT2D eigenvalue weighted by atomic mass is 16.4. The minimum Gasteiger partial charge on any atom is -0.480 e. The number of hydrogen-bond donors (Lipinski definition) is 3. The van der Waals surface area contributed by atoms with Gasteiger partial charge in [-0.05, 0) is 25.2 Å². The zero-order valence-corrected chi connectivity index (χ0v) is 12.0. The molecule has 1 rings (SSSR count). The maximum atomic E-state index is 11.9. The van der Waals surface area contributed by atoms with E-state index in [1.807, 2.05) is 0 Å². The zero-order valence-electron chi connectivity index (χ0n) is 12.0. The fourth-order valence-electron chi connectivity index (χ4n) is 2.21. The van der Waals surface area contributed by atoms with Crippen LogP contribution in [-0.4, -0.2) is 53.6 Å². The number of amides is 3. The van der Waals surface area contributed by atoms with Gasteiger partial charge in [0.25, 0.3) is 0 Å². The Hall–Kier alpha value is -1.79. The number of urea groups is 1. The Balaban J connectivity index is 2.35. The summed E-state index contributed by atoms with van der Waals surface area (Å²) >= 11 is 0. The first-order chi connectivity index (χ1) is 9.43. The summed E-state index contributed by atoms with van der Waals surface area (Å²) in [4.78, 5) is 35.3. The van der Waals surface area contributed by atoms with E-state index in [0.29, 0.717) is 32.0 Å². The molecule has 7 heteroatoms. The largest absolute Gasteiger partial charge is 0.480 e. The monoisotopic (exact) mass is 285 g/mol. The average molecular weight is 285 g/mol. The van der Waals surface area contributed by atoms with Crippen LogP contribution in [-0.2, 0) is 9.59 Å². The fourth-order valence-corrected chi connectivity index (χ4v) is 2.21. The number of aliphatic carboxylic acids is 1. The molecule has 0 aliphatic carbocycles. The Morgan fingerprint density at radius 2 is 1.90 bits per heavy atom. The number of carbonyl (C=O) groups excluding carboxylic acids is 2. The Morgan fingerprint density at radius 1 is 1.30 bits per heavy atom. The van der Waals surface area contributed by atoms with Gasteiger partial charge in [-0.1, -0.05) is 6.92 Å². The zero-order chi connectivity index (χ0) is 15.1. The van der Waals surface area contributed by atoms with Crippen molar-refractivity contribution in [2.75, 3.05) is 19.6 Å². The Kier molecular flexibility index (Phi) is 6.27. The van der Waals surface area contributed by atoms with Gasteiger partial charge in [-0.3, -0.25) is 4.79 Å². The molecular formula is C13H23N3O4. The van der Waals surface area contributed by atoms with Crippen LogP contribution in [0.1, 0.15) is 33.1 Å². The van der Waals surface area contributed by atoms with E-state index in [-0.39, 0.29) is 11.9 Å². The molecule has 0 bridgehead atoms. The third-order valence-corrected chi connectivity index (χ3v) is 3.55. The first kappa shape index (κ1) is 16.3. The molecular weight excluding hydrogens is 262 g/mol. The molecule has 0 radical (unpaired) electrons. The number of nitrogens with one attached hydrogen (secondary N) is 2. The van der Waals surface area contributed by atoms with Crippen molar-refractivity contribution in [2.24, 2.45) is 5.92 Å². The lowest BCUT2D eigenvalue weighted by Gasteiger charge is -2.32. The van der Waals surface area contributed by atoms with Crippen LogP contribution in [0.15, 0.2) is 0 Å². The molecule has 0 unspecified atom stereocenters. The Morgan fingerprint density at radius 3 is 2.35 bits per heavy atom. The van der Waals surface area contributed by atoms with Crippen molar-refractivity contribution < 1.29 is 19.5 Å². The van der Waals surface area contributed by atoms with Crippen LogP contribution in [0.4, 0.5) is 4.79 Å². The van der Waals surface area contributed by atoms with E-state index in [2.05, 4.69) is 10.6 Å². The van der Waals surface area contributed by atoms with Gasteiger partial charge in [-0.15, -0.1) is 0 Å². The van der Waals surface area contributed by atoms with Crippen molar-refractivity contribution in [2.45, 2.75) is 39.2 Å². The number of carbonyl (C=O) groups is 3. The molecule has 0 saturated carbocycles. The van der Waals surface area contributed by atoms with E-state index in [4.69, 9.17) is 5.11 Å². The van der Waals surface area contributed by atoms with Crippen molar-refractivity contribution in [3.8, 4) is 0 Å². The summed E-state index contributed by atoms with van der Waals surface area (Å²) in [5.41, 5.74) is 0. The van der Waals surface area contributed by atoms with Gasteiger partial charge in [0.15, 0.2) is 0 Å². The summed E-state index contributed by atoms with van der Waals surface area (Å²) in [6.45, 7) is 5.02. The number of carboxylic acids is 1. The standard InChI is InChI=1S/C13H23N3O4/c1-3-11(12(18)19)15-13(20)16-6-4-10(5-7-16)8-14-9(2)17/h10-11H,3-8H2,1-2H3,(H,14,17)(H,15,20)(H,18,19)/t11-/m1/s1. The van der Waals surface area contributed by atoms with Crippen LogP contribution in [0, 0.1) is 5.92 Å². The number of rotatable bonds is 5. The quantitative estimate of drug-likeness (QED) is 0.681. The fraction of sp³-hybridized carbons (Fsp3) is 0.769. The number of nitrogens with zero attached hydrogens (tertiary/aromatic N) is 1. The third kappa shape index (κ3) is 5.07. The van der Waals surface area contributed by atoms with Gasteiger partial charge < -0.3 is 20.6 Å². The highest BCUT2D eigenvalue weighted by Gasteiger charge is 2.25. The maximum Gasteiger partial charge on any atom is 0.326 e. The molecule has 0 spiro atoms. The third-order valence-electron chi connectivity index (χ3n) is 3.55. The normalized spacial score (nSPS) is 17.4. The first-order valence-corrected chi connectivity index (χ1v) is 6.96. The van der Waals surface area contributed by atoms with Crippen LogP contribution in [0.3, 0.4) is 0 Å². The Labute approximate surface area is 118 Å². The SMILES string of the molecule is CC[C@@H](NC(=O)N1CCC(CNC(C)=O)CC1)C(=O)O. The number of piperidine rings is 1. The van der Waals surface area contributed by atoms with Crippen LogP contribution in [0.5, 0.6) is 0 Å². The molecule has 1 aliphatic heterocycles. The minimum absolute atomic E-state index is 0.0441. The van der Waals surface area contributed by atoms with Crippen molar-refractivity contribution >= 4 is 17.9 Å². The van der Waals surface area contributed by atoms with Gasteiger partial charge in [0.2, 0.25) is 5.91 Å². The molecule has 0 aromatic carbocycles. The molecule has 1 heterocycles. The van der Waals surface area contributed by atoms with E-state index >= 15 is 0 Å². The predicted octanol–water partition coefficient (Wildman–Crippen LogP) is 0.407. The van der Waals surface area contributed by atoms with Crippen molar-refractivity contribution in [1.82, 2.24) is 15.5 Å². The van der Waals surface area contributed by atoms with E-state index in [9.17, 15) is 14.4 Å². The summed E-state index contributed by atoms with van der Waals surface area (Å²) in [6, 6.07) is -1.16. The molecule has 7 nitrogen and oxygen atoms in total. The smallest absolute Gasteiger partial charge is 0.326 e. The maximum absolute atomic E-state index is 11.9. The molecule has 1 aliphatic rings. The summed E-state index contributed by atoms with van der Waals surface area (Å²) in [6.07, 6.45) is 2.00. The average Bonchev–Trinajstić information content (AvgIpc) is 2.42.